The van der Waals surface area contributed by atoms with Gasteiger partial charge in [-0.3, -0.25) is 79.3 Å². The molecule has 1 saturated heterocycles. The van der Waals surface area contributed by atoms with E-state index in [0.717, 1.165) is 110 Å². The van der Waals surface area contributed by atoms with Crippen LogP contribution in [-0.4, -0.2) is 178 Å². The zero-order valence-electron chi connectivity index (χ0n) is 82.9. The number of hydrogen-bond donors (Lipinski definition) is 1. The Morgan fingerprint density at radius 1 is 0.301 bits per heavy atom. The lowest BCUT2D eigenvalue weighted by atomic mass is 9.91. The molecule has 5 aliphatic carbocycles. The minimum atomic E-state index is 0.398. The van der Waals surface area contributed by atoms with Gasteiger partial charge in [-0.15, -0.1) is 0 Å². The summed E-state index contributed by atoms with van der Waals surface area (Å²) in [6, 6.07) is 45.2. The van der Waals surface area contributed by atoms with E-state index in [4.69, 9.17) is 29.9 Å². The number of aryl methyl sites for hydroxylation is 10. The number of nitrogens with one attached hydrogen (secondary N) is 1. The number of hydrogen-bond acceptors (Lipinski definition) is 19. The second kappa shape index (κ2) is 55.6. The lowest BCUT2D eigenvalue weighted by Gasteiger charge is -2.32. The van der Waals surface area contributed by atoms with Crippen molar-refractivity contribution in [3.05, 3.63) is 296 Å². The topological polar surface area (TPSA) is 176 Å². The Kier molecular flexibility index (Phi) is 42.3. The Morgan fingerprint density at radius 3 is 0.895 bits per heavy atom. The number of amidine groups is 1. The Bertz CT molecular complexity index is 5060. The lowest BCUT2D eigenvalue weighted by molar-refractivity contribution is 0.205. The van der Waals surface area contributed by atoms with E-state index in [0.29, 0.717) is 30.2 Å². The molecule has 2 aliphatic heterocycles. The van der Waals surface area contributed by atoms with Crippen LogP contribution in [0.25, 0.3) is 0 Å². The third-order valence-corrected chi connectivity index (χ3v) is 29.0. The summed E-state index contributed by atoms with van der Waals surface area (Å²) in [5, 5.41) is 3.36. The summed E-state index contributed by atoms with van der Waals surface area (Å²) in [6.45, 7) is 22.8. The number of fused-ring (bicyclic) bond motifs is 5. The quantitative estimate of drug-likeness (QED) is 0.0359. The summed E-state index contributed by atoms with van der Waals surface area (Å²) in [5.74, 6) is 1.20. The van der Waals surface area contributed by atoms with Gasteiger partial charge in [-0.25, -0.2) is 0 Å². The van der Waals surface area contributed by atoms with Gasteiger partial charge >= 0.3 is 0 Å². The predicted octanol–water partition coefficient (Wildman–Crippen LogP) is 22.6. The first-order chi connectivity index (χ1) is 65.4. The molecule has 17 rings (SSSR count). The predicted molar refractivity (Wildman–Crippen MR) is 546 cm³/mol. The van der Waals surface area contributed by atoms with E-state index in [1.165, 1.54) is 324 Å². The maximum atomic E-state index is 4.77. The Morgan fingerprint density at radius 2 is 0.586 bits per heavy atom. The van der Waals surface area contributed by atoms with Crippen LogP contribution in [0, 0.1) is 0 Å². The van der Waals surface area contributed by atoms with Crippen LogP contribution >= 0.6 is 0 Å². The summed E-state index contributed by atoms with van der Waals surface area (Å²) in [5.41, 5.74) is 26.7. The van der Waals surface area contributed by atoms with Crippen molar-refractivity contribution in [2.24, 2.45) is 4.99 Å². The molecule has 19 heteroatoms. The van der Waals surface area contributed by atoms with E-state index in [1.807, 2.05) is 62.0 Å². The van der Waals surface area contributed by atoms with Crippen LogP contribution in [0.2, 0.25) is 0 Å². The van der Waals surface area contributed by atoms with Gasteiger partial charge in [0.2, 0.25) is 0 Å². The number of piperidine rings is 1. The van der Waals surface area contributed by atoms with Gasteiger partial charge in [0.25, 0.3) is 0 Å². The molecule has 10 aromatic heterocycles. The Hall–Kier alpha value is -9.31. The van der Waals surface area contributed by atoms with Crippen LogP contribution in [0.15, 0.2) is 188 Å². The number of pyridine rings is 10. The summed E-state index contributed by atoms with van der Waals surface area (Å²) >= 11 is 0. The van der Waals surface area contributed by atoms with Crippen molar-refractivity contribution in [2.75, 3.05) is 87.6 Å². The highest BCUT2D eigenvalue weighted by Gasteiger charge is 2.32. The van der Waals surface area contributed by atoms with Crippen molar-refractivity contribution in [1.82, 2.24) is 89.5 Å². The molecule has 0 aromatic carbocycles. The van der Waals surface area contributed by atoms with Crippen LogP contribution in [-0.2, 0) is 96.9 Å². The number of unbranched alkanes of at least 4 members (excludes halogenated alkanes) is 7. The smallest absolute Gasteiger partial charge is 0.0964 e. The molecule has 712 valence electrons. The van der Waals surface area contributed by atoms with E-state index >= 15 is 0 Å². The van der Waals surface area contributed by atoms with E-state index in [2.05, 4.69) is 249 Å². The van der Waals surface area contributed by atoms with Gasteiger partial charge in [-0.1, -0.05) is 120 Å². The van der Waals surface area contributed by atoms with Crippen LogP contribution < -0.4 is 5.32 Å². The van der Waals surface area contributed by atoms with Crippen LogP contribution in [0.5, 0.6) is 0 Å². The molecule has 1 fully saturated rings. The molecular weight excluding hydrogens is 1640 g/mol. The van der Waals surface area contributed by atoms with Crippen molar-refractivity contribution >= 4 is 5.84 Å². The molecule has 0 bridgehead atoms. The molecule has 0 amide bonds. The average molecular weight is 1800 g/mol. The van der Waals surface area contributed by atoms with Gasteiger partial charge in [0.1, 0.15) is 0 Å². The monoisotopic (exact) mass is 1800 g/mol. The number of rotatable bonds is 40. The third-order valence-electron chi connectivity index (χ3n) is 29.0. The van der Waals surface area contributed by atoms with Crippen molar-refractivity contribution < 1.29 is 0 Å². The zero-order valence-corrected chi connectivity index (χ0v) is 82.9. The summed E-state index contributed by atoms with van der Waals surface area (Å²) in [7, 11) is 11.1. The van der Waals surface area contributed by atoms with Gasteiger partial charge in [0.15, 0.2) is 0 Å². The van der Waals surface area contributed by atoms with Gasteiger partial charge < -0.3 is 15.1 Å². The highest BCUT2D eigenvalue weighted by molar-refractivity contribution is 5.83. The first kappa shape index (κ1) is 101. The molecule has 7 aliphatic rings. The van der Waals surface area contributed by atoms with E-state index < -0.39 is 0 Å². The summed E-state index contributed by atoms with van der Waals surface area (Å²) < 4.78 is 0. The van der Waals surface area contributed by atoms with E-state index in [1.54, 1.807) is 0 Å². The van der Waals surface area contributed by atoms with Crippen LogP contribution in [0.1, 0.15) is 337 Å². The largest absolute Gasteiger partial charge is 0.372 e. The fourth-order valence-corrected chi connectivity index (χ4v) is 21.4. The minimum absolute atomic E-state index is 0.398. The maximum absolute atomic E-state index is 4.77. The molecule has 0 radical (unpaired) electrons. The number of nitrogens with zero attached hydrogens (tertiary/aromatic N) is 18. The fourth-order valence-electron chi connectivity index (χ4n) is 21.4. The molecule has 5 atom stereocenters. The van der Waals surface area contributed by atoms with Crippen molar-refractivity contribution in [2.45, 2.75) is 322 Å². The molecule has 0 spiro atoms. The molecule has 133 heavy (non-hydrogen) atoms. The SMILES string of the molecule is CCCCCc1cccnc1CN(C)C1CCCc2cccnc21.CCCCc1cccnc1CN(C)C1CCCc2cccnc21.CCN(CC)CCCCc1cccnc1CN(C)C1CCCc2cccnc21.CN(Cc1ncccc1CCCCCC1=NCCN1)C1CCCc2cccnc21.CN(Cc1ncccc1CCCCN1CCCCC1)C1CCCc2cccnc21. The number of aliphatic imine (C=N–C) groups is 1. The van der Waals surface area contributed by atoms with Gasteiger partial charge in [-0.2, -0.15) is 0 Å². The van der Waals surface area contributed by atoms with Gasteiger partial charge in [-0.05, 0) is 383 Å². The molecule has 10 aromatic rings. The first-order valence-corrected chi connectivity index (χ1v) is 52.0. The van der Waals surface area contributed by atoms with Crippen LogP contribution in [0.4, 0.5) is 0 Å². The van der Waals surface area contributed by atoms with Gasteiger partial charge in [0.05, 0.1) is 99.5 Å². The van der Waals surface area contributed by atoms with Crippen molar-refractivity contribution in [3.8, 4) is 0 Å². The standard InChI is InChI=1S/C25H36N4.C24H33N5.C24H36N4.C21H29N3.C20H27N3/c1-28(24-14-7-11-22-13-9-16-27-25(22)24)20-23-21(12-8-15-26-23)10-3-6-19-29-17-4-2-5-18-29;1-29(22-12-5-9-20-11-7-15-28-24(20)22)18-21-19(10-6-14-25-21)8-3-2-4-13-23-26-16-17-27-23;1-4-28(5-2)18-7-6-11-20-13-9-16-25-22(20)19-27(3)23-15-8-12-21-14-10-17-26-24(21)23;1-3-4-5-9-17-11-7-14-22-19(17)16-24(2)20-13-6-10-18-12-8-15-23-21(18)20;1-3-4-8-16-10-6-13-21-18(16)15-23(2)19-12-5-9-17-11-7-14-22-20(17)19/h8-9,12-13,15-16,24H,2-7,10-11,14,17-20H2,1H3;6-7,10-11,14-15,22H,2-5,8-9,12-13,16-18H2,1H3,(H,26,27);9-10,13-14,16-17,23H,4-8,11-12,15,18-19H2,1-3H3;7-8,11-12,14-15,20H,3-6,9-10,13,16H2,1-2H3;6-7,10-11,13-14,19H,3-5,8-9,12,15H2,1-2H3. The van der Waals surface area contributed by atoms with Crippen LogP contribution in [0.3, 0.4) is 0 Å². The Balaban J connectivity index is 0.000000142. The highest BCUT2D eigenvalue weighted by Crippen LogP contribution is 2.39. The first-order valence-electron chi connectivity index (χ1n) is 52.0. The molecule has 0 saturated carbocycles. The zero-order chi connectivity index (χ0) is 92.4. The number of aromatic nitrogens is 10. The Labute approximate surface area is 800 Å². The maximum Gasteiger partial charge on any atom is 0.0964 e. The second-order valence-electron chi connectivity index (χ2n) is 38.6. The normalized spacial score (nSPS) is 17.9. The third kappa shape index (κ3) is 30.8. The number of likely N-dealkylation sites (tertiary alicyclic amines) is 1. The molecule has 12 heterocycles. The average Bonchev–Trinajstić information content (AvgIpc) is 1.12. The van der Waals surface area contributed by atoms with Crippen molar-refractivity contribution in [1.29, 1.82) is 0 Å². The van der Waals surface area contributed by atoms with E-state index in [-0.39, 0.29) is 0 Å². The molecule has 5 unspecified atom stereocenters. The fraction of sp³-hybridized carbons (Fsp3) is 0.553. The highest BCUT2D eigenvalue weighted by atomic mass is 15.2. The summed E-state index contributed by atoms with van der Waals surface area (Å²) in [4.78, 5) is 69.0. The lowest BCUT2D eigenvalue weighted by Crippen LogP contribution is -2.30. The molecule has 1 N–H and O–H groups in total. The minimum Gasteiger partial charge on any atom is -0.372 e. The second-order valence-corrected chi connectivity index (χ2v) is 38.6. The summed E-state index contributed by atoms with van der Waals surface area (Å²) in [6.07, 6.45) is 63.3. The molecule has 19 nitrogen and oxygen atoms in total. The van der Waals surface area contributed by atoms with Crippen molar-refractivity contribution in [3.63, 3.8) is 0 Å². The van der Waals surface area contributed by atoms with E-state index in [9.17, 15) is 0 Å². The molecular formula is C114H161N19. The van der Waals surface area contributed by atoms with Gasteiger partial charge in [0, 0.05) is 108 Å².